The van der Waals surface area contributed by atoms with Crippen molar-refractivity contribution < 1.29 is 4.74 Å². The van der Waals surface area contributed by atoms with E-state index in [-0.39, 0.29) is 0 Å². The number of hydrogen-bond donors (Lipinski definition) is 1. The first-order valence-corrected chi connectivity index (χ1v) is 6.21. The summed E-state index contributed by atoms with van der Waals surface area (Å²) in [6.45, 7) is 1.30. The van der Waals surface area contributed by atoms with Crippen molar-refractivity contribution in [2.45, 2.75) is 13.1 Å². The molecule has 0 saturated heterocycles. The maximum absolute atomic E-state index is 5.75. The lowest BCUT2D eigenvalue weighted by Gasteiger charge is -2.21. The van der Waals surface area contributed by atoms with Gasteiger partial charge >= 0.3 is 0 Å². The average molecular weight is 257 g/mol. The van der Waals surface area contributed by atoms with Gasteiger partial charge in [-0.3, -0.25) is 4.98 Å². The highest BCUT2D eigenvalue weighted by atomic mass is 16.5. The number of anilines is 1. The van der Waals surface area contributed by atoms with Crippen LogP contribution in [-0.2, 0) is 13.1 Å². The molecule has 0 atom stereocenters. The van der Waals surface area contributed by atoms with Crippen LogP contribution < -0.4 is 15.4 Å². The molecule has 0 unspecified atom stereocenters. The summed E-state index contributed by atoms with van der Waals surface area (Å²) in [4.78, 5) is 6.31. The molecule has 0 radical (unpaired) electrons. The summed E-state index contributed by atoms with van der Waals surface area (Å²) in [5.74, 6) is 0.871. The van der Waals surface area contributed by atoms with Crippen LogP contribution in [0.3, 0.4) is 0 Å². The molecule has 0 aliphatic heterocycles. The molecule has 1 heterocycles. The van der Waals surface area contributed by atoms with E-state index in [9.17, 15) is 0 Å². The van der Waals surface area contributed by atoms with Crippen molar-refractivity contribution in [3.05, 3.63) is 53.9 Å². The first kappa shape index (κ1) is 13.4. The van der Waals surface area contributed by atoms with Gasteiger partial charge in [0.1, 0.15) is 5.75 Å². The van der Waals surface area contributed by atoms with Crippen LogP contribution in [0.15, 0.2) is 42.7 Å². The van der Waals surface area contributed by atoms with Crippen LogP contribution in [0.5, 0.6) is 5.75 Å². The van der Waals surface area contributed by atoms with Crippen molar-refractivity contribution in [1.82, 2.24) is 4.98 Å². The van der Waals surface area contributed by atoms with E-state index in [4.69, 9.17) is 10.5 Å². The van der Waals surface area contributed by atoms with Crippen molar-refractivity contribution in [3.63, 3.8) is 0 Å². The molecule has 2 rings (SSSR count). The molecule has 0 spiro atoms. The number of nitrogens with two attached hydrogens (primary N) is 1. The Labute approximate surface area is 113 Å². The third-order valence-electron chi connectivity index (χ3n) is 3.07. The molecule has 1 aromatic carbocycles. The van der Waals surface area contributed by atoms with Crippen LogP contribution >= 0.6 is 0 Å². The topological polar surface area (TPSA) is 51.4 Å². The van der Waals surface area contributed by atoms with Crippen LogP contribution in [0.25, 0.3) is 0 Å². The minimum Gasteiger partial charge on any atom is -0.497 e. The van der Waals surface area contributed by atoms with Crippen LogP contribution in [0, 0.1) is 0 Å². The standard InChI is InChI=1S/C15H19N3O/c1-18(15-10-17-7-6-13(15)9-16)11-12-4-3-5-14(8-12)19-2/h3-8,10H,9,11,16H2,1-2H3. The zero-order chi connectivity index (χ0) is 13.7. The van der Waals surface area contributed by atoms with E-state index in [1.165, 1.54) is 5.56 Å². The Hall–Kier alpha value is -2.07. The molecule has 0 saturated carbocycles. The summed E-state index contributed by atoms with van der Waals surface area (Å²) < 4.78 is 5.24. The van der Waals surface area contributed by atoms with Gasteiger partial charge in [-0.25, -0.2) is 0 Å². The molecular weight excluding hydrogens is 238 g/mol. The Morgan fingerprint density at radius 3 is 2.89 bits per heavy atom. The van der Waals surface area contributed by atoms with E-state index in [0.717, 1.165) is 23.5 Å². The third kappa shape index (κ3) is 3.23. The lowest BCUT2D eigenvalue weighted by atomic mass is 10.1. The fourth-order valence-corrected chi connectivity index (χ4v) is 2.06. The van der Waals surface area contributed by atoms with Gasteiger partial charge in [0.05, 0.1) is 19.0 Å². The van der Waals surface area contributed by atoms with Gasteiger partial charge < -0.3 is 15.4 Å². The summed E-state index contributed by atoms with van der Waals surface area (Å²) in [6, 6.07) is 10.0. The lowest BCUT2D eigenvalue weighted by Crippen LogP contribution is -2.19. The van der Waals surface area contributed by atoms with Gasteiger partial charge in [0.25, 0.3) is 0 Å². The number of nitrogens with zero attached hydrogens (tertiary/aromatic N) is 2. The molecule has 19 heavy (non-hydrogen) atoms. The first-order chi connectivity index (χ1) is 9.24. The predicted octanol–water partition coefficient (Wildman–Crippen LogP) is 2.19. The van der Waals surface area contributed by atoms with E-state index in [1.54, 1.807) is 13.3 Å². The van der Waals surface area contributed by atoms with E-state index in [0.29, 0.717) is 6.54 Å². The minimum absolute atomic E-state index is 0.514. The first-order valence-electron chi connectivity index (χ1n) is 6.21. The van der Waals surface area contributed by atoms with Gasteiger partial charge in [-0.2, -0.15) is 0 Å². The van der Waals surface area contributed by atoms with Crippen molar-refractivity contribution >= 4 is 5.69 Å². The number of ether oxygens (including phenoxy) is 1. The Bertz CT molecular complexity index is 542. The Balaban J connectivity index is 2.18. The van der Waals surface area contributed by atoms with Gasteiger partial charge in [-0.1, -0.05) is 12.1 Å². The van der Waals surface area contributed by atoms with Crippen molar-refractivity contribution in [3.8, 4) is 5.75 Å². The zero-order valence-corrected chi connectivity index (χ0v) is 11.3. The molecule has 1 aromatic heterocycles. The largest absolute Gasteiger partial charge is 0.497 e. The highest BCUT2D eigenvalue weighted by Gasteiger charge is 2.07. The van der Waals surface area contributed by atoms with Crippen LogP contribution in [0.2, 0.25) is 0 Å². The van der Waals surface area contributed by atoms with E-state index in [2.05, 4.69) is 16.0 Å². The van der Waals surface area contributed by atoms with Crippen LogP contribution in [0.1, 0.15) is 11.1 Å². The minimum atomic E-state index is 0.514. The van der Waals surface area contributed by atoms with Gasteiger partial charge in [-0.05, 0) is 29.3 Å². The van der Waals surface area contributed by atoms with Crippen molar-refractivity contribution in [2.75, 3.05) is 19.1 Å². The smallest absolute Gasteiger partial charge is 0.119 e. The molecule has 2 N–H and O–H groups in total. The molecule has 4 heteroatoms. The quantitative estimate of drug-likeness (QED) is 0.892. The molecule has 0 aliphatic carbocycles. The second-order valence-electron chi connectivity index (χ2n) is 4.42. The lowest BCUT2D eigenvalue weighted by molar-refractivity contribution is 0.414. The predicted molar refractivity (Wildman–Crippen MR) is 77.2 cm³/mol. The van der Waals surface area contributed by atoms with Crippen LogP contribution in [0.4, 0.5) is 5.69 Å². The van der Waals surface area contributed by atoms with Crippen molar-refractivity contribution in [2.24, 2.45) is 5.73 Å². The Kier molecular flexibility index (Phi) is 4.36. The van der Waals surface area contributed by atoms with Crippen LogP contribution in [-0.4, -0.2) is 19.1 Å². The summed E-state index contributed by atoms with van der Waals surface area (Å²) in [6.07, 6.45) is 3.62. The number of pyridine rings is 1. The van der Waals surface area contributed by atoms with Gasteiger partial charge in [-0.15, -0.1) is 0 Å². The number of benzene rings is 1. The Morgan fingerprint density at radius 1 is 1.32 bits per heavy atom. The summed E-state index contributed by atoms with van der Waals surface area (Å²) in [7, 11) is 3.71. The normalized spacial score (nSPS) is 10.3. The molecule has 0 amide bonds. The molecule has 0 bridgehead atoms. The van der Waals surface area contributed by atoms with E-state index in [1.807, 2.05) is 37.5 Å². The summed E-state index contributed by atoms with van der Waals surface area (Å²) in [5, 5.41) is 0. The third-order valence-corrected chi connectivity index (χ3v) is 3.07. The number of hydrogen-bond acceptors (Lipinski definition) is 4. The molecule has 100 valence electrons. The molecule has 4 nitrogen and oxygen atoms in total. The van der Waals surface area contributed by atoms with Crippen molar-refractivity contribution in [1.29, 1.82) is 0 Å². The number of aromatic nitrogens is 1. The van der Waals surface area contributed by atoms with Gasteiger partial charge in [0.2, 0.25) is 0 Å². The second kappa shape index (κ2) is 6.20. The maximum Gasteiger partial charge on any atom is 0.119 e. The van der Waals surface area contributed by atoms with E-state index >= 15 is 0 Å². The molecule has 2 aromatic rings. The zero-order valence-electron chi connectivity index (χ0n) is 11.3. The second-order valence-corrected chi connectivity index (χ2v) is 4.42. The SMILES string of the molecule is COc1cccc(CN(C)c2cnccc2CN)c1. The molecule has 0 aliphatic rings. The summed E-state index contributed by atoms with van der Waals surface area (Å²) in [5.41, 5.74) is 9.10. The molecular formula is C15H19N3O. The average Bonchev–Trinajstić information content (AvgIpc) is 2.47. The summed E-state index contributed by atoms with van der Waals surface area (Å²) >= 11 is 0. The fraction of sp³-hybridized carbons (Fsp3) is 0.267. The Morgan fingerprint density at radius 2 is 2.16 bits per heavy atom. The van der Waals surface area contributed by atoms with Gasteiger partial charge in [0.15, 0.2) is 0 Å². The highest BCUT2D eigenvalue weighted by Crippen LogP contribution is 2.21. The van der Waals surface area contributed by atoms with E-state index < -0.39 is 0 Å². The highest BCUT2D eigenvalue weighted by molar-refractivity contribution is 5.51. The fourth-order valence-electron chi connectivity index (χ4n) is 2.06. The monoisotopic (exact) mass is 257 g/mol. The van der Waals surface area contributed by atoms with Gasteiger partial charge in [0, 0.05) is 26.3 Å². The maximum atomic E-state index is 5.75. The molecule has 0 fully saturated rings. The number of rotatable bonds is 5. The number of methoxy groups -OCH3 is 1.